The lowest BCUT2D eigenvalue weighted by Crippen LogP contribution is -2.31. The zero-order valence-electron chi connectivity index (χ0n) is 12.3. The molecule has 0 aliphatic carbocycles. The topological polar surface area (TPSA) is 63.4 Å². The van der Waals surface area contributed by atoms with Gasteiger partial charge in [0.05, 0.1) is 11.4 Å². The van der Waals surface area contributed by atoms with Crippen molar-refractivity contribution in [3.63, 3.8) is 0 Å². The van der Waals surface area contributed by atoms with Crippen molar-refractivity contribution in [2.75, 3.05) is 20.1 Å². The fraction of sp³-hybridized carbons (Fsp3) is 0.467. The van der Waals surface area contributed by atoms with E-state index in [9.17, 15) is 8.42 Å². The Balaban J connectivity index is 3.15. The first-order chi connectivity index (χ1) is 9.43. The standard InChI is InChI=1S/C15H22N2O2S/c1-4-13(2)12-17(3)20(18,19)15-10-6-5-8-14(15)9-7-11-16/h5-6,8,10,13H,4,11-12,16H2,1-3H3. The van der Waals surface area contributed by atoms with Gasteiger partial charge in [-0.05, 0) is 18.1 Å². The Morgan fingerprint density at radius 2 is 2.00 bits per heavy atom. The van der Waals surface area contributed by atoms with E-state index in [1.807, 2.05) is 13.8 Å². The van der Waals surface area contributed by atoms with Crippen molar-refractivity contribution in [3.05, 3.63) is 29.8 Å². The summed E-state index contributed by atoms with van der Waals surface area (Å²) in [6.07, 6.45) is 0.939. The largest absolute Gasteiger partial charge is 0.320 e. The number of sulfonamides is 1. The monoisotopic (exact) mass is 294 g/mol. The van der Waals surface area contributed by atoms with Gasteiger partial charge in [-0.1, -0.05) is 44.2 Å². The minimum Gasteiger partial charge on any atom is -0.320 e. The van der Waals surface area contributed by atoms with Gasteiger partial charge < -0.3 is 5.73 Å². The lowest BCUT2D eigenvalue weighted by molar-refractivity contribution is 0.393. The quantitative estimate of drug-likeness (QED) is 0.840. The summed E-state index contributed by atoms with van der Waals surface area (Å²) < 4.78 is 26.6. The Hall–Kier alpha value is -1.35. The van der Waals surface area contributed by atoms with Crippen LogP contribution in [0.1, 0.15) is 25.8 Å². The van der Waals surface area contributed by atoms with Crippen LogP contribution in [0.2, 0.25) is 0 Å². The van der Waals surface area contributed by atoms with Crippen LogP contribution in [0.5, 0.6) is 0 Å². The molecular formula is C15H22N2O2S. The smallest absolute Gasteiger partial charge is 0.244 e. The number of nitrogens with zero attached hydrogens (tertiary/aromatic N) is 1. The van der Waals surface area contributed by atoms with E-state index in [4.69, 9.17) is 5.73 Å². The molecule has 4 nitrogen and oxygen atoms in total. The van der Waals surface area contributed by atoms with E-state index in [0.29, 0.717) is 18.0 Å². The summed E-state index contributed by atoms with van der Waals surface area (Å²) >= 11 is 0. The van der Waals surface area contributed by atoms with Crippen LogP contribution in [0.25, 0.3) is 0 Å². The highest BCUT2D eigenvalue weighted by atomic mass is 32.2. The zero-order valence-corrected chi connectivity index (χ0v) is 13.1. The van der Waals surface area contributed by atoms with E-state index in [1.54, 1.807) is 31.3 Å². The summed E-state index contributed by atoms with van der Waals surface area (Å²) in [7, 11) is -1.91. The second-order valence-corrected chi connectivity index (χ2v) is 6.81. The van der Waals surface area contributed by atoms with Crippen molar-refractivity contribution >= 4 is 10.0 Å². The molecule has 0 aliphatic rings. The van der Waals surface area contributed by atoms with E-state index in [2.05, 4.69) is 11.8 Å². The molecule has 0 heterocycles. The molecule has 0 saturated carbocycles. The molecule has 0 amide bonds. The van der Waals surface area contributed by atoms with Crippen LogP contribution in [0.15, 0.2) is 29.2 Å². The molecule has 20 heavy (non-hydrogen) atoms. The molecule has 2 N–H and O–H groups in total. The Kier molecular flexibility index (Phi) is 6.21. The number of nitrogens with two attached hydrogens (primary N) is 1. The summed E-state index contributed by atoms with van der Waals surface area (Å²) in [4.78, 5) is 0.242. The van der Waals surface area contributed by atoms with Crippen LogP contribution in [0.3, 0.4) is 0 Å². The Labute approximate surface area is 122 Å². The van der Waals surface area contributed by atoms with Gasteiger partial charge in [0.1, 0.15) is 0 Å². The second-order valence-electron chi connectivity index (χ2n) is 4.80. The van der Waals surface area contributed by atoms with Crippen molar-refractivity contribution in [2.45, 2.75) is 25.2 Å². The van der Waals surface area contributed by atoms with Gasteiger partial charge >= 0.3 is 0 Å². The average molecular weight is 294 g/mol. The zero-order chi connectivity index (χ0) is 15.2. The third-order valence-corrected chi connectivity index (χ3v) is 5.05. The maximum Gasteiger partial charge on any atom is 0.244 e. The van der Waals surface area contributed by atoms with Crippen LogP contribution in [0, 0.1) is 17.8 Å². The molecule has 0 spiro atoms. The van der Waals surface area contributed by atoms with Crippen LogP contribution in [-0.4, -0.2) is 32.9 Å². The predicted molar refractivity (Wildman–Crippen MR) is 81.6 cm³/mol. The van der Waals surface area contributed by atoms with Gasteiger partial charge in [-0.2, -0.15) is 0 Å². The maximum atomic E-state index is 12.6. The Morgan fingerprint density at radius 1 is 1.35 bits per heavy atom. The first-order valence-corrected chi connectivity index (χ1v) is 8.11. The highest BCUT2D eigenvalue weighted by molar-refractivity contribution is 7.89. The molecule has 1 atom stereocenters. The first-order valence-electron chi connectivity index (χ1n) is 6.67. The van der Waals surface area contributed by atoms with Crippen LogP contribution in [-0.2, 0) is 10.0 Å². The van der Waals surface area contributed by atoms with E-state index < -0.39 is 10.0 Å². The number of hydrogen-bond donors (Lipinski definition) is 1. The van der Waals surface area contributed by atoms with Gasteiger partial charge in [-0.15, -0.1) is 0 Å². The average Bonchev–Trinajstić information content (AvgIpc) is 2.45. The molecule has 0 radical (unpaired) electrons. The minimum atomic E-state index is -3.52. The molecule has 0 aliphatic heterocycles. The summed E-state index contributed by atoms with van der Waals surface area (Å²) in [5, 5.41) is 0. The van der Waals surface area contributed by atoms with Crippen molar-refractivity contribution in [1.82, 2.24) is 4.31 Å². The summed E-state index contributed by atoms with van der Waals surface area (Å²) in [5.41, 5.74) is 5.84. The summed E-state index contributed by atoms with van der Waals surface area (Å²) in [6.45, 7) is 4.78. The molecule has 0 aromatic heterocycles. The predicted octanol–water partition coefficient (Wildman–Crippen LogP) is 1.66. The highest BCUT2D eigenvalue weighted by Gasteiger charge is 2.24. The molecule has 1 aromatic rings. The molecule has 1 unspecified atom stereocenters. The first kappa shape index (κ1) is 16.7. The van der Waals surface area contributed by atoms with Crippen molar-refractivity contribution < 1.29 is 8.42 Å². The third-order valence-electron chi connectivity index (χ3n) is 3.17. The molecule has 0 bridgehead atoms. The highest BCUT2D eigenvalue weighted by Crippen LogP contribution is 2.19. The van der Waals surface area contributed by atoms with Crippen LogP contribution >= 0.6 is 0 Å². The maximum absolute atomic E-state index is 12.6. The molecule has 110 valence electrons. The molecule has 0 fully saturated rings. The fourth-order valence-electron chi connectivity index (χ4n) is 1.78. The normalized spacial score (nSPS) is 12.8. The third kappa shape index (κ3) is 4.07. The van der Waals surface area contributed by atoms with Gasteiger partial charge in [0, 0.05) is 19.2 Å². The van der Waals surface area contributed by atoms with Crippen molar-refractivity contribution in [1.29, 1.82) is 0 Å². The summed E-state index contributed by atoms with van der Waals surface area (Å²) in [5.74, 6) is 5.84. The van der Waals surface area contributed by atoms with E-state index >= 15 is 0 Å². The minimum absolute atomic E-state index is 0.205. The SMILES string of the molecule is CCC(C)CN(C)S(=O)(=O)c1ccccc1C#CCN. The second kappa shape index (κ2) is 7.44. The van der Waals surface area contributed by atoms with Gasteiger partial charge in [0.25, 0.3) is 0 Å². The lowest BCUT2D eigenvalue weighted by atomic mass is 10.1. The van der Waals surface area contributed by atoms with Gasteiger partial charge in [0.15, 0.2) is 0 Å². The van der Waals surface area contributed by atoms with Crippen LogP contribution < -0.4 is 5.73 Å². The number of hydrogen-bond acceptors (Lipinski definition) is 3. The van der Waals surface area contributed by atoms with E-state index in [-0.39, 0.29) is 11.4 Å². The molecule has 1 aromatic carbocycles. The molecular weight excluding hydrogens is 272 g/mol. The van der Waals surface area contributed by atoms with Gasteiger partial charge in [-0.3, -0.25) is 0 Å². The molecule has 0 saturated heterocycles. The Bertz CT molecular complexity index is 600. The van der Waals surface area contributed by atoms with Gasteiger partial charge in [0.2, 0.25) is 10.0 Å². The number of benzene rings is 1. The van der Waals surface area contributed by atoms with Crippen LogP contribution in [0.4, 0.5) is 0 Å². The van der Waals surface area contributed by atoms with Crippen molar-refractivity contribution in [2.24, 2.45) is 11.7 Å². The fourth-order valence-corrected chi connectivity index (χ4v) is 3.21. The van der Waals surface area contributed by atoms with E-state index in [1.165, 1.54) is 4.31 Å². The van der Waals surface area contributed by atoms with Crippen molar-refractivity contribution in [3.8, 4) is 11.8 Å². The van der Waals surface area contributed by atoms with E-state index in [0.717, 1.165) is 6.42 Å². The van der Waals surface area contributed by atoms with Gasteiger partial charge in [-0.25, -0.2) is 12.7 Å². The lowest BCUT2D eigenvalue weighted by Gasteiger charge is -2.21. The Morgan fingerprint density at radius 3 is 2.60 bits per heavy atom. The molecule has 5 heteroatoms. The molecule has 1 rings (SSSR count). The summed E-state index contributed by atoms with van der Waals surface area (Å²) in [6, 6.07) is 6.77. The number of rotatable bonds is 5.